The van der Waals surface area contributed by atoms with E-state index in [9.17, 15) is 9.59 Å². The van der Waals surface area contributed by atoms with Gasteiger partial charge in [0, 0.05) is 42.3 Å². The number of hydrogen-bond acceptors (Lipinski definition) is 4. The topological polar surface area (TPSA) is 59.1 Å². The van der Waals surface area contributed by atoms with Crippen LogP contribution in [0.5, 0.6) is 11.5 Å². The maximum Gasteiger partial charge on any atom is 0.254 e. The van der Waals surface area contributed by atoms with Crippen molar-refractivity contribution in [1.82, 2.24) is 9.80 Å². The Labute approximate surface area is 178 Å². The van der Waals surface area contributed by atoms with E-state index in [1.807, 2.05) is 24.3 Å². The van der Waals surface area contributed by atoms with E-state index >= 15 is 0 Å². The van der Waals surface area contributed by atoms with Gasteiger partial charge < -0.3 is 19.3 Å². The third-order valence-corrected chi connectivity index (χ3v) is 5.54. The molecule has 0 radical (unpaired) electrons. The molecule has 1 aliphatic rings. The van der Waals surface area contributed by atoms with Gasteiger partial charge in [0.25, 0.3) is 5.91 Å². The molecule has 0 spiro atoms. The maximum absolute atomic E-state index is 12.8. The van der Waals surface area contributed by atoms with Crippen LogP contribution in [0.3, 0.4) is 0 Å². The second kappa shape index (κ2) is 9.60. The van der Waals surface area contributed by atoms with E-state index < -0.39 is 0 Å². The molecule has 3 rings (SSSR count). The smallest absolute Gasteiger partial charge is 0.254 e. The fraction of sp³-hybridized carbons (Fsp3) is 0.273. The number of carbonyl (C=O) groups is 2. The molecule has 29 heavy (non-hydrogen) atoms. The normalized spacial score (nSPS) is 14.2. The van der Waals surface area contributed by atoms with Gasteiger partial charge in [0.15, 0.2) is 11.5 Å². The molecule has 1 saturated heterocycles. The van der Waals surface area contributed by atoms with Gasteiger partial charge in [0.1, 0.15) is 0 Å². The minimum atomic E-state index is -0.0817. The van der Waals surface area contributed by atoms with Gasteiger partial charge in [-0.25, -0.2) is 0 Å². The Kier molecular flexibility index (Phi) is 6.93. The lowest BCUT2D eigenvalue weighted by Crippen LogP contribution is -2.50. The molecule has 1 fully saturated rings. The number of piperazine rings is 1. The van der Waals surface area contributed by atoms with E-state index in [0.29, 0.717) is 43.2 Å². The second-order valence-electron chi connectivity index (χ2n) is 6.54. The van der Waals surface area contributed by atoms with E-state index in [0.717, 1.165) is 10.0 Å². The third-order valence-electron chi connectivity index (χ3n) is 4.82. The van der Waals surface area contributed by atoms with Gasteiger partial charge in [-0.05, 0) is 35.9 Å². The highest BCUT2D eigenvalue weighted by atomic mass is 79.9. The predicted molar refractivity (Wildman–Crippen MR) is 115 cm³/mol. The van der Waals surface area contributed by atoms with E-state index in [1.54, 1.807) is 47.3 Å². The number of halogens is 1. The van der Waals surface area contributed by atoms with Crippen LogP contribution in [-0.2, 0) is 4.79 Å². The van der Waals surface area contributed by atoms with Crippen LogP contribution in [0, 0.1) is 0 Å². The minimum absolute atomic E-state index is 0.0565. The third kappa shape index (κ3) is 4.98. The summed E-state index contributed by atoms with van der Waals surface area (Å²) in [6.07, 6.45) is 3.37. The summed E-state index contributed by atoms with van der Waals surface area (Å²) < 4.78 is 11.4. The molecule has 2 aromatic rings. The van der Waals surface area contributed by atoms with Crippen molar-refractivity contribution >= 4 is 33.8 Å². The summed E-state index contributed by atoms with van der Waals surface area (Å²) in [4.78, 5) is 28.8. The zero-order valence-corrected chi connectivity index (χ0v) is 18.0. The lowest BCUT2D eigenvalue weighted by atomic mass is 10.1. The fourth-order valence-electron chi connectivity index (χ4n) is 3.16. The molecule has 1 aliphatic heterocycles. The van der Waals surface area contributed by atoms with E-state index in [4.69, 9.17) is 9.47 Å². The maximum atomic E-state index is 12.8. The van der Waals surface area contributed by atoms with Gasteiger partial charge in [0.05, 0.1) is 14.2 Å². The molecule has 0 aliphatic carbocycles. The van der Waals surface area contributed by atoms with Crippen molar-refractivity contribution in [3.05, 3.63) is 64.1 Å². The van der Waals surface area contributed by atoms with Crippen LogP contribution in [-0.4, -0.2) is 62.0 Å². The molecular formula is C22H23BrN2O4. The van der Waals surface area contributed by atoms with E-state index in [-0.39, 0.29) is 11.8 Å². The molecule has 0 unspecified atom stereocenters. The molecule has 0 N–H and O–H groups in total. The van der Waals surface area contributed by atoms with Crippen molar-refractivity contribution in [1.29, 1.82) is 0 Å². The average molecular weight is 459 g/mol. The van der Waals surface area contributed by atoms with Crippen molar-refractivity contribution in [2.24, 2.45) is 0 Å². The predicted octanol–water partition coefficient (Wildman–Crippen LogP) is 3.46. The Balaban J connectivity index is 1.59. The van der Waals surface area contributed by atoms with Gasteiger partial charge in [-0.1, -0.05) is 34.1 Å². The van der Waals surface area contributed by atoms with Gasteiger partial charge >= 0.3 is 0 Å². The Bertz CT molecular complexity index is 921. The summed E-state index contributed by atoms with van der Waals surface area (Å²) in [6, 6.07) is 12.8. The van der Waals surface area contributed by atoms with Crippen LogP contribution in [0.15, 0.2) is 53.0 Å². The quantitative estimate of drug-likeness (QED) is 0.643. The van der Waals surface area contributed by atoms with Crippen LogP contribution >= 0.6 is 15.9 Å². The van der Waals surface area contributed by atoms with Crippen LogP contribution in [0.25, 0.3) is 6.08 Å². The molecule has 0 bridgehead atoms. The monoisotopic (exact) mass is 458 g/mol. The molecular weight excluding hydrogens is 436 g/mol. The number of methoxy groups -OCH3 is 2. The summed E-state index contributed by atoms with van der Waals surface area (Å²) in [7, 11) is 3.10. The summed E-state index contributed by atoms with van der Waals surface area (Å²) in [5.74, 6) is 0.960. The van der Waals surface area contributed by atoms with Crippen molar-refractivity contribution in [2.45, 2.75) is 0 Å². The van der Waals surface area contributed by atoms with E-state index in [2.05, 4.69) is 15.9 Å². The highest BCUT2D eigenvalue weighted by Crippen LogP contribution is 2.28. The molecule has 6 nitrogen and oxygen atoms in total. The lowest BCUT2D eigenvalue weighted by Gasteiger charge is -2.34. The second-order valence-corrected chi connectivity index (χ2v) is 7.40. The highest BCUT2D eigenvalue weighted by molar-refractivity contribution is 9.10. The molecule has 0 saturated carbocycles. The number of ether oxygens (including phenoxy) is 2. The molecule has 7 heteroatoms. The number of rotatable bonds is 5. The van der Waals surface area contributed by atoms with Gasteiger partial charge in [-0.15, -0.1) is 0 Å². The summed E-state index contributed by atoms with van der Waals surface area (Å²) in [6.45, 7) is 1.97. The average Bonchev–Trinajstić information content (AvgIpc) is 2.77. The first kappa shape index (κ1) is 20.9. The van der Waals surface area contributed by atoms with E-state index in [1.165, 1.54) is 7.11 Å². The molecule has 0 atom stereocenters. The summed E-state index contributed by atoms with van der Waals surface area (Å²) in [5, 5.41) is 0. The van der Waals surface area contributed by atoms with Crippen molar-refractivity contribution in [3.63, 3.8) is 0 Å². The highest BCUT2D eigenvalue weighted by Gasteiger charge is 2.24. The van der Waals surface area contributed by atoms with Crippen LogP contribution in [0.4, 0.5) is 0 Å². The standard InChI is InChI=1S/C22H23BrN2O4/c1-28-19-9-7-17(15-20(19)29-2)22(27)25-13-11-24(12-14-25)21(26)10-8-16-5-3-4-6-18(16)23/h3-10,15H,11-14H2,1-2H3/b10-8+. The zero-order valence-electron chi connectivity index (χ0n) is 16.4. The van der Waals surface area contributed by atoms with Crippen LogP contribution in [0.2, 0.25) is 0 Å². The fourth-order valence-corrected chi connectivity index (χ4v) is 3.58. The van der Waals surface area contributed by atoms with Crippen molar-refractivity contribution in [2.75, 3.05) is 40.4 Å². The minimum Gasteiger partial charge on any atom is -0.493 e. The number of benzene rings is 2. The summed E-state index contributed by atoms with van der Waals surface area (Å²) >= 11 is 3.47. The van der Waals surface area contributed by atoms with Gasteiger partial charge in [-0.3, -0.25) is 9.59 Å². The molecule has 0 aromatic heterocycles. The Morgan fingerprint density at radius 1 is 0.931 bits per heavy atom. The first-order valence-electron chi connectivity index (χ1n) is 9.26. The van der Waals surface area contributed by atoms with Crippen molar-refractivity contribution < 1.29 is 19.1 Å². The van der Waals surface area contributed by atoms with Gasteiger partial charge in [-0.2, -0.15) is 0 Å². The molecule has 2 amide bonds. The Hall–Kier alpha value is -2.80. The first-order valence-corrected chi connectivity index (χ1v) is 10.1. The van der Waals surface area contributed by atoms with Crippen LogP contribution in [0.1, 0.15) is 15.9 Å². The number of amides is 2. The molecule has 2 aromatic carbocycles. The SMILES string of the molecule is COc1ccc(C(=O)N2CCN(C(=O)/C=C/c3ccccc3Br)CC2)cc1OC. The first-order chi connectivity index (χ1) is 14.0. The van der Waals surface area contributed by atoms with Crippen molar-refractivity contribution in [3.8, 4) is 11.5 Å². The number of nitrogens with zero attached hydrogens (tertiary/aromatic N) is 2. The Morgan fingerprint density at radius 3 is 2.24 bits per heavy atom. The van der Waals surface area contributed by atoms with Gasteiger partial charge in [0.2, 0.25) is 5.91 Å². The molecule has 1 heterocycles. The summed E-state index contributed by atoms with van der Waals surface area (Å²) in [5.41, 5.74) is 1.49. The Morgan fingerprint density at radius 2 is 1.59 bits per heavy atom. The zero-order chi connectivity index (χ0) is 20.8. The number of hydrogen-bond donors (Lipinski definition) is 0. The lowest BCUT2D eigenvalue weighted by molar-refractivity contribution is -0.127. The largest absolute Gasteiger partial charge is 0.493 e. The number of carbonyl (C=O) groups excluding carboxylic acids is 2. The van der Waals surface area contributed by atoms with Crippen LogP contribution < -0.4 is 9.47 Å². The molecule has 152 valence electrons.